The number of carboxylic acids is 1. The molecule has 0 aliphatic heterocycles. The van der Waals surface area contributed by atoms with Crippen LogP contribution in [0, 0.1) is 6.92 Å². The van der Waals surface area contributed by atoms with Crippen LogP contribution in [0.2, 0.25) is 0 Å². The number of nitrogens with zero attached hydrogens (tertiary/aromatic N) is 1. The van der Waals surface area contributed by atoms with E-state index in [4.69, 9.17) is 9.52 Å². The molecule has 0 radical (unpaired) electrons. The Labute approximate surface area is 126 Å². The molecule has 0 amide bonds. The molecule has 2 rings (SSSR count). The van der Waals surface area contributed by atoms with E-state index in [0.29, 0.717) is 5.01 Å². The van der Waals surface area contributed by atoms with Crippen molar-refractivity contribution in [1.29, 1.82) is 0 Å². The van der Waals surface area contributed by atoms with E-state index in [9.17, 15) is 13.2 Å². The molecular weight excluding hydrogens is 372 g/mol. The number of halogens is 1. The number of furan rings is 1. The number of carboxylic acid groups (broad SMARTS) is 1. The monoisotopic (exact) mass is 380 g/mol. The molecule has 2 aromatic rings. The lowest BCUT2D eigenvalue weighted by atomic mass is 10.5. The summed E-state index contributed by atoms with van der Waals surface area (Å²) in [4.78, 5) is 14.6. The van der Waals surface area contributed by atoms with E-state index in [1.807, 2.05) is 0 Å². The van der Waals surface area contributed by atoms with E-state index in [-0.39, 0.29) is 16.1 Å². The predicted octanol–water partition coefficient (Wildman–Crippen LogP) is 1.98. The van der Waals surface area contributed by atoms with Gasteiger partial charge in [-0.1, -0.05) is 0 Å². The van der Waals surface area contributed by atoms with E-state index in [2.05, 4.69) is 25.6 Å². The van der Waals surface area contributed by atoms with E-state index in [1.165, 1.54) is 11.3 Å². The molecule has 0 saturated heterocycles. The number of aromatic carboxylic acids is 1. The molecule has 0 unspecified atom stereocenters. The van der Waals surface area contributed by atoms with Crippen molar-refractivity contribution in [2.45, 2.75) is 18.4 Å². The van der Waals surface area contributed by atoms with E-state index >= 15 is 0 Å². The largest absolute Gasteiger partial charge is 0.475 e. The predicted molar refractivity (Wildman–Crippen MR) is 74.2 cm³/mol. The van der Waals surface area contributed by atoms with Crippen LogP contribution in [0.25, 0.3) is 0 Å². The molecule has 10 heteroatoms. The Morgan fingerprint density at radius 3 is 2.80 bits per heavy atom. The number of nitrogens with one attached hydrogen (secondary N) is 1. The van der Waals surface area contributed by atoms with Gasteiger partial charge < -0.3 is 9.52 Å². The molecule has 0 aliphatic rings. The lowest BCUT2D eigenvalue weighted by Gasteiger charge is -2.02. The molecule has 0 spiro atoms. The Morgan fingerprint density at radius 2 is 2.30 bits per heavy atom. The van der Waals surface area contributed by atoms with Gasteiger partial charge in [-0.15, -0.1) is 11.3 Å². The van der Waals surface area contributed by atoms with Crippen molar-refractivity contribution in [3.05, 3.63) is 32.6 Å². The average molecular weight is 381 g/mol. The minimum atomic E-state index is -3.88. The Kier molecular flexibility index (Phi) is 4.28. The number of thiazole rings is 1. The Bertz CT molecular complexity index is 750. The van der Waals surface area contributed by atoms with Crippen LogP contribution in [-0.2, 0) is 16.6 Å². The third-order valence-corrected chi connectivity index (χ3v) is 5.46. The highest BCUT2D eigenvalue weighted by atomic mass is 79.9. The first-order chi connectivity index (χ1) is 9.29. The Balaban J connectivity index is 2.20. The lowest BCUT2D eigenvalue weighted by molar-refractivity contribution is 0.0661. The van der Waals surface area contributed by atoms with Crippen molar-refractivity contribution >= 4 is 43.3 Å². The highest BCUT2D eigenvalue weighted by Gasteiger charge is 2.24. The quantitative estimate of drug-likeness (QED) is 0.820. The molecule has 2 N–H and O–H groups in total. The molecule has 20 heavy (non-hydrogen) atoms. The summed E-state index contributed by atoms with van der Waals surface area (Å²) >= 11 is 4.22. The van der Waals surface area contributed by atoms with Crippen molar-refractivity contribution in [1.82, 2.24) is 9.71 Å². The van der Waals surface area contributed by atoms with Gasteiger partial charge in [-0.2, -0.15) is 0 Å². The summed E-state index contributed by atoms with van der Waals surface area (Å²) < 4.78 is 31.1. The zero-order valence-electron chi connectivity index (χ0n) is 10.1. The van der Waals surface area contributed by atoms with Gasteiger partial charge in [0.2, 0.25) is 15.8 Å². The second-order valence-electron chi connectivity index (χ2n) is 3.76. The molecule has 0 bridgehead atoms. The topological polar surface area (TPSA) is 110 Å². The maximum absolute atomic E-state index is 12.1. The third-order valence-electron chi connectivity index (χ3n) is 2.24. The second kappa shape index (κ2) is 5.64. The van der Waals surface area contributed by atoms with Gasteiger partial charge in [-0.25, -0.2) is 22.9 Å². The molecule has 2 heterocycles. The zero-order chi connectivity index (χ0) is 14.9. The maximum atomic E-state index is 12.1. The van der Waals surface area contributed by atoms with Gasteiger partial charge >= 0.3 is 5.97 Å². The van der Waals surface area contributed by atoms with Gasteiger partial charge in [0.05, 0.1) is 6.54 Å². The smallest absolute Gasteiger partial charge is 0.371 e. The molecule has 0 fully saturated rings. The van der Waals surface area contributed by atoms with E-state index in [0.717, 1.165) is 11.8 Å². The molecule has 0 atom stereocenters. The first kappa shape index (κ1) is 15.2. The van der Waals surface area contributed by atoms with Crippen LogP contribution < -0.4 is 4.72 Å². The number of hydrogen-bond acceptors (Lipinski definition) is 6. The van der Waals surface area contributed by atoms with Crippen LogP contribution in [-0.4, -0.2) is 24.5 Å². The Morgan fingerprint density at radius 1 is 1.60 bits per heavy atom. The number of aryl methyl sites for hydroxylation is 1. The summed E-state index contributed by atoms with van der Waals surface area (Å²) in [6.07, 6.45) is 0. The molecule has 0 aromatic carbocycles. The standard InChI is InChI=1S/C10H9BrN2O5S2/c1-5-4-19-8(13-5)3-12-20(16,17)7-2-6(10(14)15)18-9(7)11/h2,4,12H,3H2,1H3,(H,14,15). The van der Waals surface area contributed by atoms with Gasteiger partial charge in [0, 0.05) is 17.1 Å². The number of carbonyl (C=O) groups is 1. The van der Waals surface area contributed by atoms with Crippen LogP contribution in [0.15, 0.2) is 25.4 Å². The van der Waals surface area contributed by atoms with Gasteiger partial charge in [0.25, 0.3) is 0 Å². The lowest BCUT2D eigenvalue weighted by Crippen LogP contribution is -2.23. The number of hydrogen-bond donors (Lipinski definition) is 2. The molecule has 0 saturated carbocycles. The van der Waals surface area contributed by atoms with Crippen LogP contribution in [0.4, 0.5) is 0 Å². The van der Waals surface area contributed by atoms with Crippen LogP contribution in [0.5, 0.6) is 0 Å². The van der Waals surface area contributed by atoms with E-state index < -0.39 is 21.8 Å². The first-order valence-electron chi connectivity index (χ1n) is 5.23. The minimum absolute atomic E-state index is 0.0286. The van der Waals surface area contributed by atoms with Crippen molar-refractivity contribution in [3.8, 4) is 0 Å². The number of sulfonamides is 1. The minimum Gasteiger partial charge on any atom is -0.475 e. The molecule has 108 valence electrons. The third kappa shape index (κ3) is 3.26. The zero-order valence-corrected chi connectivity index (χ0v) is 13.3. The second-order valence-corrected chi connectivity index (χ2v) is 7.16. The molecule has 2 aromatic heterocycles. The van der Waals surface area contributed by atoms with Crippen molar-refractivity contribution in [2.75, 3.05) is 0 Å². The summed E-state index contributed by atoms with van der Waals surface area (Å²) in [6, 6.07) is 0.946. The van der Waals surface area contributed by atoms with E-state index in [1.54, 1.807) is 12.3 Å². The fraction of sp³-hybridized carbons (Fsp3) is 0.200. The normalized spacial score (nSPS) is 11.7. The van der Waals surface area contributed by atoms with Crippen LogP contribution in [0.1, 0.15) is 21.3 Å². The van der Waals surface area contributed by atoms with Crippen LogP contribution in [0.3, 0.4) is 0 Å². The molecule has 0 aliphatic carbocycles. The molecular formula is C10H9BrN2O5S2. The van der Waals surface area contributed by atoms with Crippen molar-refractivity contribution in [3.63, 3.8) is 0 Å². The number of rotatable bonds is 5. The SMILES string of the molecule is Cc1csc(CNS(=O)(=O)c2cc(C(=O)O)oc2Br)n1. The van der Waals surface area contributed by atoms with Crippen molar-refractivity contribution < 1.29 is 22.7 Å². The highest BCUT2D eigenvalue weighted by Crippen LogP contribution is 2.26. The van der Waals surface area contributed by atoms with Gasteiger partial charge in [-0.3, -0.25) is 0 Å². The highest BCUT2D eigenvalue weighted by molar-refractivity contribution is 9.10. The summed E-state index contributed by atoms with van der Waals surface area (Å²) in [6.45, 7) is 1.83. The summed E-state index contributed by atoms with van der Waals surface area (Å²) in [5.41, 5.74) is 0.807. The fourth-order valence-electron chi connectivity index (χ4n) is 1.36. The van der Waals surface area contributed by atoms with Gasteiger partial charge in [0.1, 0.15) is 9.90 Å². The summed E-state index contributed by atoms with van der Waals surface area (Å²) in [5.74, 6) is -1.80. The summed E-state index contributed by atoms with van der Waals surface area (Å²) in [7, 11) is -3.88. The average Bonchev–Trinajstić information content (AvgIpc) is 2.93. The van der Waals surface area contributed by atoms with Gasteiger partial charge in [-0.05, 0) is 22.9 Å². The fourth-order valence-corrected chi connectivity index (χ4v) is 4.09. The summed E-state index contributed by atoms with van der Waals surface area (Å²) in [5, 5.41) is 11.2. The Hall–Kier alpha value is -1.23. The van der Waals surface area contributed by atoms with Gasteiger partial charge in [0.15, 0.2) is 4.67 Å². The van der Waals surface area contributed by atoms with Crippen molar-refractivity contribution in [2.24, 2.45) is 0 Å². The first-order valence-corrected chi connectivity index (χ1v) is 8.38. The molecule has 7 nitrogen and oxygen atoms in total. The number of aromatic nitrogens is 1. The maximum Gasteiger partial charge on any atom is 0.371 e. The van der Waals surface area contributed by atoms with Crippen LogP contribution >= 0.6 is 27.3 Å².